The van der Waals surface area contributed by atoms with Gasteiger partial charge in [0.25, 0.3) is 0 Å². The monoisotopic (exact) mass is 324 g/mol. The molecule has 1 aromatic carbocycles. The predicted octanol–water partition coefficient (Wildman–Crippen LogP) is 2.61. The molecule has 126 valence electrons. The highest BCUT2D eigenvalue weighted by Gasteiger charge is 2.13. The normalized spacial score (nSPS) is 12.2. The molecule has 0 aliphatic rings. The third-order valence-corrected chi connectivity index (χ3v) is 3.21. The number of para-hydroxylation sites is 1. The summed E-state index contributed by atoms with van der Waals surface area (Å²) in [6.07, 6.45) is 2.85. The first kappa shape index (κ1) is 18.0. The molecule has 1 aromatic heterocycles. The quantitative estimate of drug-likeness (QED) is 0.830. The number of ether oxygens (including phenoxy) is 1. The second-order valence-corrected chi connectivity index (χ2v) is 6.58. The molecule has 0 amide bonds. The molecular weight excluding hydrogens is 300 g/mol. The topological polar surface area (TPSA) is 54.4 Å². The van der Waals surface area contributed by atoms with Crippen LogP contribution in [0.1, 0.15) is 31.9 Å². The Labute approximate surface area is 143 Å². The minimum atomic E-state index is -0.578. The predicted molar refractivity (Wildman–Crippen MR) is 95.9 cm³/mol. The summed E-state index contributed by atoms with van der Waals surface area (Å²) in [5.74, 6) is 6.87. The largest absolute Gasteiger partial charge is 0.490 e. The first-order chi connectivity index (χ1) is 11.4. The van der Waals surface area contributed by atoms with Crippen LogP contribution in [0.4, 0.5) is 0 Å². The Morgan fingerprint density at radius 2 is 1.83 bits per heavy atom. The number of nitrogens with zero attached hydrogens (tertiary/aromatic N) is 1. The van der Waals surface area contributed by atoms with Gasteiger partial charge in [0.05, 0.1) is 5.56 Å². The molecule has 1 heterocycles. The van der Waals surface area contributed by atoms with E-state index in [4.69, 9.17) is 4.74 Å². The lowest BCUT2D eigenvalue weighted by molar-refractivity contribution is 0.0999. The van der Waals surface area contributed by atoms with E-state index in [1.54, 1.807) is 12.4 Å². The highest BCUT2D eigenvalue weighted by molar-refractivity contribution is 5.49. The summed E-state index contributed by atoms with van der Waals surface area (Å²) in [5.41, 5.74) is 1.66. The van der Waals surface area contributed by atoms with E-state index in [9.17, 15) is 5.11 Å². The smallest absolute Gasteiger partial charge is 0.135 e. The van der Waals surface area contributed by atoms with E-state index in [1.807, 2.05) is 36.4 Å². The van der Waals surface area contributed by atoms with Crippen LogP contribution in [0.2, 0.25) is 0 Å². The third-order valence-electron chi connectivity index (χ3n) is 3.21. The number of benzene rings is 1. The van der Waals surface area contributed by atoms with Crippen LogP contribution < -0.4 is 10.1 Å². The second-order valence-electron chi connectivity index (χ2n) is 6.58. The Kier molecular flexibility index (Phi) is 6.36. The molecule has 0 saturated heterocycles. The molecule has 0 aliphatic carbocycles. The third kappa shape index (κ3) is 6.41. The first-order valence-corrected chi connectivity index (χ1v) is 8.01. The molecule has 1 atom stereocenters. The van der Waals surface area contributed by atoms with Gasteiger partial charge in [-0.3, -0.25) is 4.98 Å². The van der Waals surface area contributed by atoms with E-state index < -0.39 is 6.10 Å². The molecule has 24 heavy (non-hydrogen) atoms. The molecule has 2 N–H and O–H groups in total. The van der Waals surface area contributed by atoms with E-state index in [2.05, 4.69) is 42.9 Å². The highest BCUT2D eigenvalue weighted by atomic mass is 16.5. The van der Waals surface area contributed by atoms with Crippen molar-refractivity contribution in [1.29, 1.82) is 0 Å². The summed E-state index contributed by atoms with van der Waals surface area (Å²) in [5, 5.41) is 13.3. The number of pyridine rings is 1. The zero-order chi connectivity index (χ0) is 17.4. The van der Waals surface area contributed by atoms with Gasteiger partial charge in [-0.15, -0.1) is 0 Å². The van der Waals surface area contributed by atoms with Gasteiger partial charge in [0.2, 0.25) is 0 Å². The van der Waals surface area contributed by atoms with Crippen molar-refractivity contribution in [1.82, 2.24) is 10.3 Å². The summed E-state index contributed by atoms with van der Waals surface area (Å²) in [7, 11) is 0. The molecule has 4 nitrogen and oxygen atoms in total. The molecule has 2 rings (SSSR count). The van der Waals surface area contributed by atoms with E-state index in [-0.39, 0.29) is 12.1 Å². The molecule has 0 radical (unpaired) electrons. The maximum absolute atomic E-state index is 10.0. The number of rotatable bonds is 5. The van der Waals surface area contributed by atoms with Crippen LogP contribution in [-0.2, 0) is 0 Å². The Bertz CT molecular complexity index is 697. The van der Waals surface area contributed by atoms with Crippen LogP contribution in [0.5, 0.6) is 5.75 Å². The summed E-state index contributed by atoms with van der Waals surface area (Å²) >= 11 is 0. The molecule has 4 heteroatoms. The Hall–Kier alpha value is -2.35. The van der Waals surface area contributed by atoms with Gasteiger partial charge in [-0.25, -0.2) is 0 Å². The van der Waals surface area contributed by atoms with E-state index in [0.717, 1.165) is 11.1 Å². The van der Waals surface area contributed by atoms with Crippen molar-refractivity contribution in [3.8, 4) is 17.6 Å². The minimum Gasteiger partial charge on any atom is -0.490 e. The van der Waals surface area contributed by atoms with Crippen LogP contribution >= 0.6 is 0 Å². The fraction of sp³-hybridized carbons (Fsp3) is 0.350. The summed E-state index contributed by atoms with van der Waals surface area (Å²) in [6.45, 7) is 6.88. The fourth-order valence-corrected chi connectivity index (χ4v) is 1.94. The Balaban J connectivity index is 1.98. The van der Waals surface area contributed by atoms with Crippen LogP contribution in [0.25, 0.3) is 0 Å². The molecule has 0 saturated carbocycles. The number of nitrogens with one attached hydrogen (secondary N) is 1. The summed E-state index contributed by atoms with van der Waals surface area (Å²) in [6, 6.07) is 11.3. The molecular formula is C20H24N2O2. The van der Waals surface area contributed by atoms with Crippen LogP contribution in [-0.4, -0.2) is 34.9 Å². The first-order valence-electron chi connectivity index (χ1n) is 8.01. The average molecular weight is 324 g/mol. The second kappa shape index (κ2) is 8.49. The molecule has 0 fully saturated rings. The van der Waals surface area contributed by atoms with Gasteiger partial charge in [0.15, 0.2) is 0 Å². The van der Waals surface area contributed by atoms with Crippen molar-refractivity contribution in [3.05, 3.63) is 59.9 Å². The summed E-state index contributed by atoms with van der Waals surface area (Å²) < 4.78 is 5.75. The van der Waals surface area contributed by atoms with Crippen LogP contribution in [0, 0.1) is 11.8 Å². The zero-order valence-corrected chi connectivity index (χ0v) is 14.4. The van der Waals surface area contributed by atoms with Crippen LogP contribution in [0.15, 0.2) is 48.8 Å². The van der Waals surface area contributed by atoms with Gasteiger partial charge < -0.3 is 15.2 Å². The fourth-order valence-electron chi connectivity index (χ4n) is 1.94. The molecule has 2 aromatic rings. The van der Waals surface area contributed by atoms with Crippen molar-refractivity contribution in [2.24, 2.45) is 0 Å². The Morgan fingerprint density at radius 3 is 2.54 bits per heavy atom. The SMILES string of the molecule is CC(C)(C)NCC(O)COc1ccccc1C#Cc1ccncc1. The molecule has 0 bridgehead atoms. The standard InChI is InChI=1S/C20H24N2O2/c1-20(2,3)22-14-18(23)15-24-19-7-5-4-6-17(19)9-8-16-10-12-21-13-11-16/h4-7,10-13,18,22-23H,14-15H2,1-3H3. The Morgan fingerprint density at radius 1 is 1.12 bits per heavy atom. The van der Waals surface area contributed by atoms with E-state index in [0.29, 0.717) is 12.3 Å². The van der Waals surface area contributed by atoms with Gasteiger partial charge >= 0.3 is 0 Å². The lowest BCUT2D eigenvalue weighted by Crippen LogP contribution is -2.42. The number of aromatic nitrogens is 1. The molecule has 0 spiro atoms. The van der Waals surface area contributed by atoms with E-state index >= 15 is 0 Å². The number of β-amino-alcohol motifs (C(OH)–C–C–N with tert-alkyl or cyclic N) is 1. The van der Waals surface area contributed by atoms with Gasteiger partial charge in [-0.05, 0) is 45.0 Å². The maximum atomic E-state index is 10.0. The van der Waals surface area contributed by atoms with Crippen molar-refractivity contribution in [3.63, 3.8) is 0 Å². The number of hydrogen-bond donors (Lipinski definition) is 2. The van der Waals surface area contributed by atoms with Crippen molar-refractivity contribution >= 4 is 0 Å². The van der Waals surface area contributed by atoms with E-state index in [1.165, 1.54) is 0 Å². The van der Waals surface area contributed by atoms with Gasteiger partial charge in [0.1, 0.15) is 18.5 Å². The van der Waals surface area contributed by atoms with Crippen molar-refractivity contribution in [2.75, 3.05) is 13.2 Å². The lowest BCUT2D eigenvalue weighted by atomic mass is 10.1. The van der Waals surface area contributed by atoms with Crippen molar-refractivity contribution in [2.45, 2.75) is 32.4 Å². The zero-order valence-electron chi connectivity index (χ0n) is 14.4. The summed E-state index contributed by atoms with van der Waals surface area (Å²) in [4.78, 5) is 3.98. The number of aliphatic hydroxyl groups excluding tert-OH is 1. The molecule has 0 aliphatic heterocycles. The van der Waals surface area contributed by atoms with Crippen molar-refractivity contribution < 1.29 is 9.84 Å². The average Bonchev–Trinajstić information content (AvgIpc) is 2.57. The number of aliphatic hydroxyl groups is 1. The highest BCUT2D eigenvalue weighted by Crippen LogP contribution is 2.17. The van der Waals surface area contributed by atoms with Crippen LogP contribution in [0.3, 0.4) is 0 Å². The van der Waals surface area contributed by atoms with Gasteiger partial charge in [0, 0.05) is 30.0 Å². The number of hydrogen-bond acceptors (Lipinski definition) is 4. The maximum Gasteiger partial charge on any atom is 0.135 e. The van der Waals surface area contributed by atoms with Gasteiger partial charge in [-0.2, -0.15) is 0 Å². The minimum absolute atomic E-state index is 0.0328. The molecule has 1 unspecified atom stereocenters. The lowest BCUT2D eigenvalue weighted by Gasteiger charge is -2.23. The van der Waals surface area contributed by atoms with Gasteiger partial charge in [-0.1, -0.05) is 24.0 Å².